The fourth-order valence-electron chi connectivity index (χ4n) is 3.44. The van der Waals surface area contributed by atoms with Crippen molar-refractivity contribution in [2.45, 2.75) is 20.3 Å². The minimum absolute atomic E-state index is 0.101. The number of aryl methyl sites for hydroxylation is 1. The summed E-state index contributed by atoms with van der Waals surface area (Å²) in [6.45, 7) is 4.95. The maximum Gasteiger partial charge on any atom is 0.278 e. The predicted molar refractivity (Wildman–Crippen MR) is 119 cm³/mol. The summed E-state index contributed by atoms with van der Waals surface area (Å²) in [5.41, 5.74) is 2.05. The van der Waals surface area contributed by atoms with E-state index in [0.29, 0.717) is 36.6 Å². The van der Waals surface area contributed by atoms with Crippen LogP contribution in [-0.2, 0) is 14.3 Å². The zero-order valence-corrected chi connectivity index (χ0v) is 18.2. The lowest BCUT2D eigenvalue weighted by Gasteiger charge is -2.16. The summed E-state index contributed by atoms with van der Waals surface area (Å²) in [7, 11) is 1.52. The van der Waals surface area contributed by atoms with Gasteiger partial charge in [0.1, 0.15) is 11.4 Å². The Hall–Kier alpha value is -3.72. The van der Waals surface area contributed by atoms with Crippen molar-refractivity contribution in [3.63, 3.8) is 0 Å². The van der Waals surface area contributed by atoms with Crippen molar-refractivity contribution in [3.8, 4) is 5.75 Å². The Bertz CT molecular complexity index is 1060. The van der Waals surface area contributed by atoms with Crippen molar-refractivity contribution in [1.29, 1.82) is 0 Å². The maximum atomic E-state index is 13.2. The van der Waals surface area contributed by atoms with Crippen LogP contribution in [0.3, 0.4) is 0 Å². The van der Waals surface area contributed by atoms with Crippen molar-refractivity contribution in [2.75, 3.05) is 32.2 Å². The van der Waals surface area contributed by atoms with Gasteiger partial charge in [-0.1, -0.05) is 6.07 Å². The molecule has 0 aliphatic carbocycles. The van der Waals surface area contributed by atoms with Gasteiger partial charge >= 0.3 is 0 Å². The molecule has 1 aliphatic rings. The van der Waals surface area contributed by atoms with Crippen molar-refractivity contribution in [2.24, 2.45) is 0 Å². The van der Waals surface area contributed by atoms with Gasteiger partial charge in [-0.3, -0.25) is 24.6 Å². The van der Waals surface area contributed by atoms with Crippen LogP contribution in [-0.4, -0.2) is 48.5 Å². The summed E-state index contributed by atoms with van der Waals surface area (Å²) in [5.74, 6) is -0.418. The molecule has 0 spiro atoms. The Morgan fingerprint density at radius 3 is 2.44 bits per heavy atom. The minimum atomic E-state index is -0.517. The van der Waals surface area contributed by atoms with Crippen LogP contribution >= 0.6 is 0 Å². The van der Waals surface area contributed by atoms with E-state index < -0.39 is 16.7 Å². The zero-order valence-electron chi connectivity index (χ0n) is 18.2. The minimum Gasteiger partial charge on any atom is -0.495 e. The molecule has 32 heavy (non-hydrogen) atoms. The molecule has 0 aromatic heterocycles. The first kappa shape index (κ1) is 23.0. The van der Waals surface area contributed by atoms with Gasteiger partial charge in [-0.25, -0.2) is 0 Å². The van der Waals surface area contributed by atoms with Gasteiger partial charge in [0.05, 0.1) is 23.3 Å². The molecule has 168 valence electrons. The third-order valence-electron chi connectivity index (χ3n) is 5.02. The Balaban J connectivity index is 2.01. The fraction of sp³-hybridized carbons (Fsp3) is 0.304. The first-order valence-corrected chi connectivity index (χ1v) is 10.2. The van der Waals surface area contributed by atoms with Gasteiger partial charge in [0, 0.05) is 31.9 Å². The Kier molecular flexibility index (Phi) is 7.21. The van der Waals surface area contributed by atoms with E-state index in [1.165, 1.54) is 36.3 Å². The number of anilines is 1. The molecule has 0 unspecified atom stereocenters. The molecule has 9 nitrogen and oxygen atoms in total. The van der Waals surface area contributed by atoms with E-state index in [1.54, 1.807) is 6.07 Å². The molecular formula is C23H25N3O6. The Labute approximate surface area is 185 Å². The van der Waals surface area contributed by atoms with Crippen molar-refractivity contribution in [1.82, 2.24) is 4.90 Å². The molecule has 0 saturated carbocycles. The van der Waals surface area contributed by atoms with Gasteiger partial charge in [0.25, 0.3) is 17.5 Å². The summed E-state index contributed by atoms with van der Waals surface area (Å²) < 4.78 is 10.7. The molecule has 0 bridgehead atoms. The molecule has 9 heteroatoms. The second kappa shape index (κ2) is 10.1. The van der Waals surface area contributed by atoms with Gasteiger partial charge in [0.2, 0.25) is 0 Å². The van der Waals surface area contributed by atoms with Gasteiger partial charge in [-0.15, -0.1) is 0 Å². The molecule has 0 atom stereocenters. The summed E-state index contributed by atoms with van der Waals surface area (Å²) >= 11 is 0. The zero-order chi connectivity index (χ0) is 23.3. The van der Waals surface area contributed by atoms with Crippen molar-refractivity contribution in [3.05, 3.63) is 69.4 Å². The third kappa shape index (κ3) is 4.78. The number of carbonyl (C=O) groups excluding carboxylic acids is 2. The molecule has 0 fully saturated rings. The van der Waals surface area contributed by atoms with E-state index in [1.807, 2.05) is 26.0 Å². The highest BCUT2D eigenvalue weighted by molar-refractivity contribution is 6.36. The van der Waals surface area contributed by atoms with Crippen molar-refractivity contribution >= 4 is 28.8 Å². The van der Waals surface area contributed by atoms with E-state index in [0.717, 1.165) is 5.56 Å². The van der Waals surface area contributed by atoms with Crippen LogP contribution in [0.2, 0.25) is 0 Å². The lowest BCUT2D eigenvalue weighted by Crippen LogP contribution is -2.34. The SMILES string of the molecule is CCOCCCN1C(=O)C(Nc2cc(C)ccc2OC)=C(c2ccc([N+](=O)[O-])cc2)C1=O. The van der Waals surface area contributed by atoms with Crippen LogP contribution in [0.5, 0.6) is 5.75 Å². The van der Waals surface area contributed by atoms with Gasteiger partial charge < -0.3 is 14.8 Å². The van der Waals surface area contributed by atoms with Crippen LogP contribution in [0.25, 0.3) is 5.57 Å². The second-order valence-electron chi connectivity index (χ2n) is 7.20. The third-order valence-corrected chi connectivity index (χ3v) is 5.02. The molecule has 1 aliphatic heterocycles. The van der Waals surface area contributed by atoms with E-state index >= 15 is 0 Å². The van der Waals surface area contributed by atoms with E-state index in [-0.39, 0.29) is 23.5 Å². The van der Waals surface area contributed by atoms with Crippen LogP contribution in [0.15, 0.2) is 48.2 Å². The summed E-state index contributed by atoms with van der Waals surface area (Å²) in [5, 5.41) is 14.1. The molecule has 2 aromatic rings. The number of amides is 2. The molecular weight excluding hydrogens is 414 g/mol. The highest BCUT2D eigenvalue weighted by atomic mass is 16.6. The van der Waals surface area contributed by atoms with E-state index in [2.05, 4.69) is 5.32 Å². The Morgan fingerprint density at radius 1 is 1.09 bits per heavy atom. The second-order valence-corrected chi connectivity index (χ2v) is 7.20. The monoisotopic (exact) mass is 439 g/mol. The average molecular weight is 439 g/mol. The smallest absolute Gasteiger partial charge is 0.278 e. The number of carbonyl (C=O) groups is 2. The lowest BCUT2D eigenvalue weighted by atomic mass is 10.0. The number of nitro benzene ring substituents is 1. The first-order valence-electron chi connectivity index (χ1n) is 10.2. The van der Waals surface area contributed by atoms with Crippen LogP contribution < -0.4 is 10.1 Å². The molecule has 0 radical (unpaired) electrons. The van der Waals surface area contributed by atoms with Crippen LogP contribution in [0.4, 0.5) is 11.4 Å². The summed E-state index contributed by atoms with van der Waals surface area (Å²) in [6, 6.07) is 11.0. The number of hydrogen-bond acceptors (Lipinski definition) is 7. The van der Waals surface area contributed by atoms with E-state index in [4.69, 9.17) is 9.47 Å². The lowest BCUT2D eigenvalue weighted by molar-refractivity contribution is -0.384. The number of nitrogens with one attached hydrogen (secondary N) is 1. The summed E-state index contributed by atoms with van der Waals surface area (Å²) in [6.07, 6.45) is 0.500. The molecule has 2 amide bonds. The molecule has 3 rings (SSSR count). The topological polar surface area (TPSA) is 111 Å². The van der Waals surface area contributed by atoms with Crippen LogP contribution in [0, 0.1) is 17.0 Å². The number of hydrogen-bond donors (Lipinski definition) is 1. The number of nitrogens with zero attached hydrogens (tertiary/aromatic N) is 2. The predicted octanol–water partition coefficient (Wildman–Crippen LogP) is 3.53. The Morgan fingerprint density at radius 2 is 1.81 bits per heavy atom. The molecule has 1 N–H and O–H groups in total. The largest absolute Gasteiger partial charge is 0.495 e. The van der Waals surface area contributed by atoms with Crippen molar-refractivity contribution < 1.29 is 24.0 Å². The normalized spacial score (nSPS) is 13.7. The fourth-order valence-corrected chi connectivity index (χ4v) is 3.44. The maximum absolute atomic E-state index is 13.2. The summed E-state index contributed by atoms with van der Waals surface area (Å²) in [4.78, 5) is 38.1. The quantitative estimate of drug-likeness (QED) is 0.261. The van der Waals surface area contributed by atoms with Gasteiger partial charge in [0.15, 0.2) is 0 Å². The number of methoxy groups -OCH3 is 1. The molecule has 0 saturated heterocycles. The number of ether oxygens (including phenoxy) is 2. The van der Waals surface area contributed by atoms with Gasteiger partial charge in [-0.05, 0) is 55.7 Å². The highest BCUT2D eigenvalue weighted by Gasteiger charge is 2.39. The number of rotatable bonds is 10. The number of benzene rings is 2. The highest BCUT2D eigenvalue weighted by Crippen LogP contribution is 2.34. The number of non-ortho nitro benzene ring substituents is 1. The van der Waals surface area contributed by atoms with Crippen LogP contribution in [0.1, 0.15) is 24.5 Å². The first-order chi connectivity index (χ1) is 15.4. The molecule has 1 heterocycles. The molecule has 2 aromatic carbocycles. The van der Waals surface area contributed by atoms with E-state index in [9.17, 15) is 19.7 Å². The standard InChI is InChI=1S/C23H25N3O6/c1-4-32-13-5-12-25-22(27)20(16-7-9-17(10-8-16)26(29)30)21(23(25)28)24-18-14-15(2)6-11-19(18)31-3/h6-11,14,24H,4-5,12-13H2,1-3H3. The number of imide groups is 1. The van der Waals surface area contributed by atoms with Gasteiger partial charge in [-0.2, -0.15) is 0 Å². The average Bonchev–Trinajstić information content (AvgIpc) is 3.01. The number of nitro groups is 1.